The fourth-order valence-corrected chi connectivity index (χ4v) is 2.94. The number of carbonyl (C=O) groups excluding carboxylic acids is 1. The molecule has 0 radical (unpaired) electrons. The Balaban J connectivity index is 2.33. The van der Waals surface area contributed by atoms with E-state index in [1.54, 1.807) is 14.0 Å². The van der Waals surface area contributed by atoms with Gasteiger partial charge in [-0.15, -0.1) is 0 Å². The van der Waals surface area contributed by atoms with Crippen LogP contribution in [0.1, 0.15) is 39.5 Å². The Hall–Kier alpha value is -2.79. The van der Waals surface area contributed by atoms with Crippen molar-refractivity contribution in [1.29, 1.82) is 0 Å². The van der Waals surface area contributed by atoms with E-state index >= 15 is 0 Å². The van der Waals surface area contributed by atoms with E-state index in [1.165, 1.54) is 0 Å². The molecule has 150 valence electrons. The quantitative estimate of drug-likeness (QED) is 0.376. The predicted octanol–water partition coefficient (Wildman–Crippen LogP) is 4.70. The van der Waals surface area contributed by atoms with Crippen molar-refractivity contribution >= 4 is 23.8 Å². The van der Waals surface area contributed by atoms with E-state index in [0.29, 0.717) is 12.2 Å². The van der Waals surface area contributed by atoms with Crippen LogP contribution in [0.4, 0.5) is 5.69 Å². The van der Waals surface area contributed by atoms with Crippen LogP contribution < -0.4 is 9.64 Å². The van der Waals surface area contributed by atoms with Gasteiger partial charge < -0.3 is 19.1 Å². The van der Waals surface area contributed by atoms with Gasteiger partial charge in [0.2, 0.25) is 0 Å². The van der Waals surface area contributed by atoms with E-state index in [2.05, 4.69) is 12.1 Å². The number of carbonyl (C=O) groups is 1. The highest BCUT2D eigenvalue weighted by Gasteiger charge is 2.10. The molecule has 0 heterocycles. The Morgan fingerprint density at radius 1 is 1.00 bits per heavy atom. The van der Waals surface area contributed by atoms with E-state index in [1.807, 2.05) is 63.2 Å². The van der Waals surface area contributed by atoms with Crippen molar-refractivity contribution in [1.82, 2.24) is 0 Å². The Morgan fingerprint density at radius 3 is 2.14 bits per heavy atom. The van der Waals surface area contributed by atoms with Crippen LogP contribution >= 0.6 is 0 Å². The van der Waals surface area contributed by atoms with E-state index in [-0.39, 0.29) is 12.8 Å². The van der Waals surface area contributed by atoms with Gasteiger partial charge in [-0.05, 0) is 73.4 Å². The number of rotatable bonds is 8. The van der Waals surface area contributed by atoms with Crippen molar-refractivity contribution in [3.63, 3.8) is 0 Å². The molecule has 0 fully saturated rings. The van der Waals surface area contributed by atoms with Crippen molar-refractivity contribution in [3.05, 3.63) is 58.1 Å². The average molecular weight is 383 g/mol. The van der Waals surface area contributed by atoms with Gasteiger partial charge in [-0.3, -0.25) is 0 Å². The van der Waals surface area contributed by atoms with Crippen LogP contribution in [0.3, 0.4) is 0 Å². The van der Waals surface area contributed by atoms with Crippen molar-refractivity contribution in [2.75, 3.05) is 39.5 Å². The Labute approximate surface area is 167 Å². The summed E-state index contributed by atoms with van der Waals surface area (Å²) in [5.74, 6) is 0.533. The van der Waals surface area contributed by atoms with Gasteiger partial charge in [0.15, 0.2) is 6.79 Å². The smallest absolute Gasteiger partial charge is 0.338 e. The molecule has 5 nitrogen and oxygen atoms in total. The first kappa shape index (κ1) is 21.5. The molecule has 0 bridgehead atoms. The van der Waals surface area contributed by atoms with Crippen LogP contribution in [0.25, 0.3) is 12.2 Å². The molecule has 0 unspecified atom stereocenters. The first-order chi connectivity index (χ1) is 13.3. The van der Waals surface area contributed by atoms with E-state index in [9.17, 15) is 4.79 Å². The molecule has 0 saturated heterocycles. The molecule has 2 aromatic carbocycles. The van der Waals surface area contributed by atoms with Crippen LogP contribution in [0.2, 0.25) is 0 Å². The van der Waals surface area contributed by atoms with Gasteiger partial charge in [-0.25, -0.2) is 4.79 Å². The second-order valence-corrected chi connectivity index (χ2v) is 6.80. The summed E-state index contributed by atoms with van der Waals surface area (Å²) >= 11 is 0. The molecule has 0 aliphatic rings. The number of nitrogens with zero attached hydrogens (tertiary/aromatic N) is 1. The number of hydrogen-bond acceptors (Lipinski definition) is 5. The number of ether oxygens (including phenoxy) is 3. The zero-order valence-electron chi connectivity index (χ0n) is 17.5. The summed E-state index contributed by atoms with van der Waals surface area (Å²) < 4.78 is 15.8. The van der Waals surface area contributed by atoms with Gasteiger partial charge in [0, 0.05) is 26.9 Å². The molecular weight excluding hydrogens is 354 g/mol. The summed E-state index contributed by atoms with van der Waals surface area (Å²) in [5.41, 5.74) is 5.58. The molecule has 0 aromatic heterocycles. The molecule has 0 aliphatic heterocycles. The van der Waals surface area contributed by atoms with E-state index < -0.39 is 0 Å². The highest BCUT2D eigenvalue weighted by Crippen LogP contribution is 2.26. The Kier molecular flexibility index (Phi) is 7.64. The number of anilines is 1. The molecular formula is C23H29NO4. The normalized spacial score (nSPS) is 10.9. The molecule has 0 spiro atoms. The molecule has 5 heteroatoms. The first-order valence-corrected chi connectivity index (χ1v) is 9.26. The Bertz CT molecular complexity index is 833. The lowest BCUT2D eigenvalue weighted by Crippen LogP contribution is -2.11. The topological polar surface area (TPSA) is 48.0 Å². The summed E-state index contributed by atoms with van der Waals surface area (Å²) in [5, 5.41) is 0. The molecule has 28 heavy (non-hydrogen) atoms. The summed E-state index contributed by atoms with van der Waals surface area (Å²) in [7, 11) is 5.50. The predicted molar refractivity (Wildman–Crippen MR) is 114 cm³/mol. The van der Waals surface area contributed by atoms with Crippen molar-refractivity contribution in [3.8, 4) is 5.75 Å². The second kappa shape index (κ2) is 9.95. The molecule has 0 amide bonds. The first-order valence-electron chi connectivity index (χ1n) is 9.26. The summed E-state index contributed by atoms with van der Waals surface area (Å²) in [6, 6.07) is 9.85. The molecule has 0 N–H and O–H groups in total. The molecule has 0 saturated carbocycles. The molecule has 0 aliphatic carbocycles. The van der Waals surface area contributed by atoms with E-state index in [4.69, 9.17) is 14.2 Å². The monoisotopic (exact) mass is 383 g/mol. The van der Waals surface area contributed by atoms with Crippen molar-refractivity contribution in [2.45, 2.75) is 20.8 Å². The SMILES string of the molecule is CCOC(=O)c1cc(C=Cc2cc(C)c(OCOC)c(C)c2)cc(N(C)C)c1. The maximum absolute atomic E-state index is 12.2. The number of esters is 1. The van der Waals surface area contributed by atoms with Crippen LogP contribution in [-0.2, 0) is 9.47 Å². The van der Waals surface area contributed by atoms with Gasteiger partial charge in [0.05, 0.1) is 12.2 Å². The summed E-state index contributed by atoms with van der Waals surface area (Å²) in [6.07, 6.45) is 4.03. The summed E-state index contributed by atoms with van der Waals surface area (Å²) in [4.78, 5) is 14.1. The van der Waals surface area contributed by atoms with Gasteiger partial charge >= 0.3 is 5.97 Å². The zero-order chi connectivity index (χ0) is 20.7. The van der Waals surface area contributed by atoms with E-state index in [0.717, 1.165) is 33.7 Å². The fourth-order valence-electron chi connectivity index (χ4n) is 2.94. The lowest BCUT2D eigenvalue weighted by atomic mass is 10.0. The van der Waals surface area contributed by atoms with Crippen LogP contribution in [0.15, 0.2) is 30.3 Å². The van der Waals surface area contributed by atoms with Gasteiger partial charge in [0.1, 0.15) is 5.75 Å². The average Bonchev–Trinajstić information content (AvgIpc) is 2.65. The third-order valence-electron chi connectivity index (χ3n) is 4.24. The van der Waals surface area contributed by atoms with Crippen LogP contribution in [0, 0.1) is 13.8 Å². The highest BCUT2D eigenvalue weighted by atomic mass is 16.7. The Morgan fingerprint density at radius 2 is 1.61 bits per heavy atom. The van der Waals surface area contributed by atoms with Gasteiger partial charge in [-0.1, -0.05) is 12.2 Å². The third kappa shape index (κ3) is 5.60. The number of methoxy groups -OCH3 is 1. The number of hydrogen-bond donors (Lipinski definition) is 0. The maximum atomic E-state index is 12.2. The standard InChI is InChI=1S/C23H29NO4/c1-7-27-23(25)20-12-19(13-21(14-20)24(4)5)9-8-18-10-16(2)22(17(3)11-18)28-15-26-6/h8-14H,7,15H2,1-6H3. The highest BCUT2D eigenvalue weighted by molar-refractivity contribution is 5.92. The number of benzene rings is 2. The molecule has 2 rings (SSSR count). The second-order valence-electron chi connectivity index (χ2n) is 6.80. The van der Waals surface area contributed by atoms with Crippen molar-refractivity contribution < 1.29 is 19.0 Å². The largest absolute Gasteiger partial charge is 0.467 e. The van der Waals surface area contributed by atoms with Crippen LogP contribution in [0.5, 0.6) is 5.75 Å². The third-order valence-corrected chi connectivity index (χ3v) is 4.24. The minimum Gasteiger partial charge on any atom is -0.467 e. The minimum absolute atomic E-state index is 0.227. The molecule has 2 aromatic rings. The minimum atomic E-state index is -0.313. The molecule has 0 atom stereocenters. The maximum Gasteiger partial charge on any atom is 0.338 e. The lowest BCUT2D eigenvalue weighted by Gasteiger charge is -2.15. The fraction of sp³-hybridized carbons (Fsp3) is 0.348. The lowest BCUT2D eigenvalue weighted by molar-refractivity contribution is 0.0501. The van der Waals surface area contributed by atoms with Gasteiger partial charge in [-0.2, -0.15) is 0 Å². The van der Waals surface area contributed by atoms with Crippen LogP contribution in [-0.4, -0.2) is 40.6 Å². The van der Waals surface area contributed by atoms with Gasteiger partial charge in [0.25, 0.3) is 0 Å². The zero-order valence-corrected chi connectivity index (χ0v) is 17.5. The van der Waals surface area contributed by atoms with Crippen molar-refractivity contribution in [2.24, 2.45) is 0 Å². The number of aryl methyl sites for hydroxylation is 2. The summed E-state index contributed by atoms with van der Waals surface area (Å²) in [6.45, 7) is 6.41.